The third-order valence-electron chi connectivity index (χ3n) is 7.70. The minimum absolute atomic E-state index is 0.0157. The van der Waals surface area contributed by atoms with Gasteiger partial charge in [-0.05, 0) is 95.6 Å². The first-order valence-electron chi connectivity index (χ1n) is 16.8. The quantitative estimate of drug-likeness (QED) is 0.0520. The fraction of sp³-hybridized carbons (Fsp3) is 0.0476. The first kappa shape index (κ1) is 39.5. The summed E-state index contributed by atoms with van der Waals surface area (Å²) < 4.78 is 39.2. The number of amides is 4. The zero-order chi connectivity index (χ0) is 39.9. The van der Waals surface area contributed by atoms with Crippen LogP contribution in [0.15, 0.2) is 143 Å². The summed E-state index contributed by atoms with van der Waals surface area (Å²) in [6.45, 7) is 0. The first-order chi connectivity index (χ1) is 27.1. The number of phenols is 2. The second kappa shape index (κ2) is 19.4. The molecule has 0 spiro atoms. The van der Waals surface area contributed by atoms with Crippen molar-refractivity contribution in [3.05, 3.63) is 161 Å². The summed E-state index contributed by atoms with van der Waals surface area (Å²) in [6.07, 6.45) is 7.61. The van der Waals surface area contributed by atoms with E-state index >= 15 is 0 Å². The summed E-state index contributed by atoms with van der Waals surface area (Å²) in [4.78, 5) is 26.2. The molecular formula is C42H36F2N6O6. The Bertz CT molecular complexity index is 2190. The van der Waals surface area contributed by atoms with Gasteiger partial charge in [0.05, 0.1) is 25.6 Å². The Hall–Kier alpha value is -7.74. The molecule has 0 aromatic heterocycles. The highest BCUT2D eigenvalue weighted by Crippen LogP contribution is 2.28. The van der Waals surface area contributed by atoms with Gasteiger partial charge >= 0.3 is 12.1 Å². The fourth-order valence-corrected chi connectivity index (χ4v) is 4.95. The molecule has 0 aliphatic rings. The van der Waals surface area contributed by atoms with Crippen molar-refractivity contribution >= 4 is 53.1 Å². The number of methoxy groups -OCH3 is 2. The number of hydrazone groups is 2. The molecule has 0 fully saturated rings. The van der Waals surface area contributed by atoms with Crippen molar-refractivity contribution in [2.75, 3.05) is 24.9 Å². The van der Waals surface area contributed by atoms with E-state index in [0.29, 0.717) is 22.5 Å². The summed E-state index contributed by atoms with van der Waals surface area (Å²) in [5.41, 5.74) is 7.25. The Morgan fingerprint density at radius 2 is 1.04 bits per heavy atom. The van der Waals surface area contributed by atoms with Crippen LogP contribution in [0.1, 0.15) is 16.7 Å². The van der Waals surface area contributed by atoms with Gasteiger partial charge in [0.15, 0.2) is 34.6 Å². The second-order valence-electron chi connectivity index (χ2n) is 11.6. The molecular weight excluding hydrogens is 722 g/mol. The number of aromatic hydroxyl groups is 2. The van der Waals surface area contributed by atoms with Crippen LogP contribution >= 0.6 is 0 Å². The van der Waals surface area contributed by atoms with Crippen LogP contribution in [-0.4, -0.2) is 47.9 Å². The molecule has 12 nitrogen and oxygen atoms in total. The minimum atomic E-state index is -1.13. The average Bonchev–Trinajstić information content (AvgIpc) is 3.20. The predicted molar refractivity (Wildman–Crippen MR) is 214 cm³/mol. The number of nitrogens with zero attached hydrogens (tertiary/aromatic N) is 2. The van der Waals surface area contributed by atoms with Crippen molar-refractivity contribution in [3.8, 4) is 23.0 Å². The van der Waals surface area contributed by atoms with Gasteiger partial charge in [0.2, 0.25) is 0 Å². The minimum Gasteiger partial charge on any atom is -0.504 e. The topological polar surface area (TPSA) is 166 Å². The molecule has 5 aromatic carbocycles. The zero-order valence-corrected chi connectivity index (χ0v) is 30.0. The number of nitrogens with one attached hydrogen (secondary N) is 4. The van der Waals surface area contributed by atoms with Gasteiger partial charge in [0, 0.05) is 16.9 Å². The van der Waals surface area contributed by atoms with E-state index < -0.39 is 23.7 Å². The molecule has 4 amide bonds. The van der Waals surface area contributed by atoms with Gasteiger partial charge < -0.3 is 30.3 Å². The summed E-state index contributed by atoms with van der Waals surface area (Å²) in [5.74, 6) is -2.02. The second-order valence-corrected chi connectivity index (χ2v) is 11.6. The lowest BCUT2D eigenvalue weighted by atomic mass is 9.99. The number of ether oxygens (including phenoxy) is 2. The van der Waals surface area contributed by atoms with Crippen LogP contribution < -0.4 is 31.0 Å². The molecule has 0 unspecified atom stereocenters. The third kappa shape index (κ3) is 11.4. The molecule has 14 heteroatoms. The molecule has 0 heterocycles. The van der Waals surface area contributed by atoms with E-state index in [9.17, 15) is 28.6 Å². The van der Waals surface area contributed by atoms with Crippen LogP contribution in [0.2, 0.25) is 0 Å². The number of rotatable bonds is 13. The van der Waals surface area contributed by atoms with Gasteiger partial charge in [-0.25, -0.2) is 29.2 Å². The first-order valence-corrected chi connectivity index (χ1v) is 16.8. The average molecular weight is 759 g/mol. The number of hydrogen-bond donors (Lipinski definition) is 6. The monoisotopic (exact) mass is 758 g/mol. The van der Waals surface area contributed by atoms with Crippen LogP contribution in [0, 0.1) is 11.6 Å². The van der Waals surface area contributed by atoms with Crippen LogP contribution in [-0.2, 0) is 0 Å². The van der Waals surface area contributed by atoms with Crippen molar-refractivity contribution < 1.29 is 38.1 Å². The smallest absolute Gasteiger partial charge is 0.339 e. The predicted octanol–water partition coefficient (Wildman–Crippen LogP) is 8.56. The molecule has 0 radical (unpaired) electrons. The van der Waals surface area contributed by atoms with Gasteiger partial charge in [-0.15, -0.1) is 0 Å². The normalized spacial score (nSPS) is 11.6. The molecule has 0 atom stereocenters. The SMILES string of the molecule is COc1cc(C=CC(=NNC(=O)Nc2ccccc2)C(=Cc2ccc(F)c(F)c2)C(C=Cc2ccc(O)c(OC)c2)=NNC(=O)Nc2ccccc2)ccc1O. The van der Waals surface area contributed by atoms with Crippen molar-refractivity contribution in [2.24, 2.45) is 10.2 Å². The number of hydrogen-bond acceptors (Lipinski definition) is 8. The number of anilines is 2. The van der Waals surface area contributed by atoms with Crippen LogP contribution in [0.25, 0.3) is 18.2 Å². The van der Waals surface area contributed by atoms with E-state index in [1.807, 2.05) is 0 Å². The highest BCUT2D eigenvalue weighted by Gasteiger charge is 2.16. The Morgan fingerprint density at radius 1 is 0.589 bits per heavy atom. The number of carbonyl (C=O) groups excluding carboxylic acids is 2. The maximum absolute atomic E-state index is 14.6. The standard InChI is InChI=1S/C42H36F2N6O6/c1-55-39-25-27(16-21-37(39)51)14-19-35(47-49-41(53)45-30-9-5-3-6-10-30)32(23-29-13-18-33(43)34(44)24-29)36(20-15-28-17-22-38(52)40(26-28)56-2)48-50-42(54)46-31-11-7-4-8-12-31/h3-26,51-52H,1-2H3,(H2,45,49,53)(H2,46,50,54). The van der Waals surface area contributed by atoms with Crippen molar-refractivity contribution in [3.63, 3.8) is 0 Å². The summed E-state index contributed by atoms with van der Waals surface area (Å²) in [6, 6.07) is 28.2. The number of carbonyl (C=O) groups is 2. The molecule has 0 aliphatic carbocycles. The Balaban J connectivity index is 1.67. The lowest BCUT2D eigenvalue weighted by molar-refractivity contribution is 0.251. The number of para-hydroxylation sites is 2. The summed E-state index contributed by atoms with van der Waals surface area (Å²) in [7, 11) is 2.79. The number of halogens is 2. The number of urea groups is 2. The molecule has 5 rings (SSSR count). The molecule has 284 valence electrons. The largest absolute Gasteiger partial charge is 0.504 e. The molecule has 0 aliphatic heterocycles. The van der Waals surface area contributed by atoms with Crippen LogP contribution in [0.3, 0.4) is 0 Å². The van der Waals surface area contributed by atoms with Crippen molar-refractivity contribution in [2.45, 2.75) is 0 Å². The maximum atomic E-state index is 14.6. The van der Waals surface area contributed by atoms with E-state index in [1.54, 1.807) is 97.1 Å². The number of benzene rings is 5. The maximum Gasteiger partial charge on any atom is 0.339 e. The Labute approximate surface area is 320 Å². The molecule has 5 aromatic rings. The summed E-state index contributed by atoms with van der Waals surface area (Å²) >= 11 is 0. The number of phenolic OH excluding ortho intramolecular Hbond substituents is 2. The van der Waals surface area contributed by atoms with Gasteiger partial charge in [-0.2, -0.15) is 10.2 Å². The summed E-state index contributed by atoms with van der Waals surface area (Å²) in [5, 5.41) is 34.5. The third-order valence-corrected chi connectivity index (χ3v) is 7.70. The van der Waals surface area contributed by atoms with E-state index in [0.717, 1.165) is 12.1 Å². The van der Waals surface area contributed by atoms with Gasteiger partial charge in [0.25, 0.3) is 0 Å². The number of allylic oxidation sites excluding steroid dienone is 3. The van der Waals surface area contributed by atoms with Crippen molar-refractivity contribution in [1.82, 2.24) is 10.9 Å². The highest BCUT2D eigenvalue weighted by molar-refractivity contribution is 6.35. The molecule has 6 N–H and O–H groups in total. The zero-order valence-electron chi connectivity index (χ0n) is 30.0. The lowest BCUT2D eigenvalue weighted by Gasteiger charge is -2.12. The fourth-order valence-electron chi connectivity index (χ4n) is 4.95. The van der Waals surface area contributed by atoms with Crippen LogP contribution in [0.5, 0.6) is 23.0 Å². The van der Waals surface area contributed by atoms with Gasteiger partial charge in [-0.3, -0.25) is 0 Å². The van der Waals surface area contributed by atoms with E-state index in [-0.39, 0.29) is 45.6 Å². The van der Waals surface area contributed by atoms with E-state index in [2.05, 4.69) is 31.7 Å². The van der Waals surface area contributed by atoms with Crippen molar-refractivity contribution in [1.29, 1.82) is 0 Å². The van der Waals surface area contributed by atoms with Gasteiger partial charge in [-0.1, -0.05) is 66.7 Å². The Morgan fingerprint density at radius 3 is 1.46 bits per heavy atom. The Kier molecular flexibility index (Phi) is 13.7. The molecule has 56 heavy (non-hydrogen) atoms. The highest BCUT2D eigenvalue weighted by atomic mass is 19.2. The molecule has 0 saturated heterocycles. The molecule has 0 saturated carbocycles. The van der Waals surface area contributed by atoms with E-state index in [1.165, 1.54) is 50.6 Å². The lowest BCUT2D eigenvalue weighted by Crippen LogP contribution is -2.28. The molecule has 0 bridgehead atoms. The van der Waals surface area contributed by atoms with Crippen LogP contribution in [0.4, 0.5) is 29.7 Å². The van der Waals surface area contributed by atoms with Gasteiger partial charge in [0.1, 0.15) is 0 Å². The van der Waals surface area contributed by atoms with E-state index in [4.69, 9.17) is 9.47 Å².